The summed E-state index contributed by atoms with van der Waals surface area (Å²) in [6, 6.07) is 8.37. The van der Waals surface area contributed by atoms with Gasteiger partial charge in [-0.25, -0.2) is 0 Å². The lowest BCUT2D eigenvalue weighted by molar-refractivity contribution is -0.240. The van der Waals surface area contributed by atoms with Crippen LogP contribution in [0.3, 0.4) is 0 Å². The fourth-order valence-corrected chi connectivity index (χ4v) is 2.36. The van der Waals surface area contributed by atoms with Gasteiger partial charge in [-0.15, -0.1) is 0 Å². The van der Waals surface area contributed by atoms with Crippen LogP contribution in [0.2, 0.25) is 0 Å². The number of hydrogen-bond donors (Lipinski definition) is 2. The Kier molecular flexibility index (Phi) is 5.65. The van der Waals surface area contributed by atoms with Gasteiger partial charge in [-0.05, 0) is 37.6 Å². The van der Waals surface area contributed by atoms with Crippen molar-refractivity contribution in [3.8, 4) is 16.9 Å². The number of benzene rings is 2. The molecule has 0 saturated heterocycles. The highest BCUT2D eigenvalue weighted by atomic mass is 19.4. The minimum atomic E-state index is -4.98. The van der Waals surface area contributed by atoms with Crippen LogP contribution in [0.25, 0.3) is 11.1 Å². The number of alkyl halides is 6. The van der Waals surface area contributed by atoms with Crippen molar-refractivity contribution in [1.29, 1.82) is 0 Å². The fraction of sp³-hybridized carbons (Fsp3) is 0.333. The maximum atomic E-state index is 13.0. The first kappa shape index (κ1) is 20.9. The zero-order chi connectivity index (χ0) is 20.5. The number of hydrogen-bond acceptors (Lipinski definition) is 3. The molecule has 0 aliphatic heterocycles. The van der Waals surface area contributed by atoms with Crippen LogP contribution in [-0.4, -0.2) is 23.6 Å². The normalized spacial score (nSPS) is 14.6. The third-order valence-electron chi connectivity index (χ3n) is 3.73. The monoisotopic (exact) mass is 393 g/mol. The summed E-state index contributed by atoms with van der Waals surface area (Å²) < 4.78 is 83.2. The molecule has 3 nitrogen and oxygen atoms in total. The predicted molar refractivity (Wildman–Crippen MR) is 88.4 cm³/mol. The van der Waals surface area contributed by atoms with Gasteiger partial charge in [0.05, 0.1) is 17.9 Å². The molecule has 0 fully saturated rings. The molecule has 0 saturated carbocycles. The second-order valence-corrected chi connectivity index (χ2v) is 5.89. The van der Waals surface area contributed by atoms with Gasteiger partial charge in [0.25, 0.3) is 0 Å². The van der Waals surface area contributed by atoms with Gasteiger partial charge >= 0.3 is 12.4 Å². The summed E-state index contributed by atoms with van der Waals surface area (Å²) in [5.41, 5.74) is -4.09. The van der Waals surface area contributed by atoms with Crippen molar-refractivity contribution in [2.24, 2.45) is 0 Å². The third kappa shape index (κ3) is 4.65. The molecule has 0 amide bonds. The van der Waals surface area contributed by atoms with Crippen LogP contribution in [0.1, 0.15) is 19.4 Å². The van der Waals surface area contributed by atoms with Crippen molar-refractivity contribution in [3.05, 3.63) is 48.0 Å². The molecule has 9 heteroatoms. The summed E-state index contributed by atoms with van der Waals surface area (Å²) in [7, 11) is 0. The molecule has 0 aliphatic carbocycles. The van der Waals surface area contributed by atoms with Crippen molar-refractivity contribution in [1.82, 2.24) is 0 Å². The van der Waals surface area contributed by atoms with E-state index < -0.39 is 23.6 Å². The molecular weight excluding hydrogens is 376 g/mol. The van der Waals surface area contributed by atoms with E-state index in [1.54, 1.807) is 6.92 Å². The van der Waals surface area contributed by atoms with E-state index >= 15 is 0 Å². The van der Waals surface area contributed by atoms with Crippen LogP contribution < -0.4 is 10.1 Å². The smallest absolute Gasteiger partial charge is 0.436 e. The Morgan fingerprint density at radius 2 is 1.63 bits per heavy atom. The van der Waals surface area contributed by atoms with E-state index in [1.807, 2.05) is 5.32 Å². The summed E-state index contributed by atoms with van der Waals surface area (Å²) in [6.45, 7) is 2.16. The molecule has 2 rings (SSSR count). The van der Waals surface area contributed by atoms with Crippen molar-refractivity contribution < 1.29 is 36.2 Å². The average molecular weight is 393 g/mol. The lowest BCUT2D eigenvalue weighted by Crippen LogP contribution is -2.49. The van der Waals surface area contributed by atoms with Gasteiger partial charge in [0.1, 0.15) is 5.75 Å². The van der Waals surface area contributed by atoms with Crippen LogP contribution in [0.4, 0.5) is 32.0 Å². The fourth-order valence-electron chi connectivity index (χ4n) is 2.36. The lowest BCUT2D eigenvalue weighted by atomic mass is 10.0. The van der Waals surface area contributed by atoms with Crippen LogP contribution in [-0.2, 0) is 6.18 Å². The topological polar surface area (TPSA) is 41.5 Å². The highest BCUT2D eigenvalue weighted by Gasteiger charge is 2.50. The molecule has 0 bridgehead atoms. The molecule has 1 atom stereocenters. The van der Waals surface area contributed by atoms with E-state index in [1.165, 1.54) is 30.3 Å². The summed E-state index contributed by atoms with van der Waals surface area (Å²) in [4.78, 5) is 0. The molecule has 0 spiro atoms. The first-order valence-corrected chi connectivity index (χ1v) is 7.87. The summed E-state index contributed by atoms with van der Waals surface area (Å²) in [6.07, 6.45) is -9.56. The number of ether oxygens (including phenoxy) is 1. The lowest BCUT2D eigenvalue weighted by Gasteiger charge is -2.29. The molecule has 2 N–H and O–H groups in total. The predicted octanol–water partition coefficient (Wildman–Crippen LogP) is 5.45. The van der Waals surface area contributed by atoms with Crippen LogP contribution >= 0.6 is 0 Å². The summed E-state index contributed by atoms with van der Waals surface area (Å²) in [5.74, 6) is -0.0937. The number of para-hydroxylation sites is 1. The van der Waals surface area contributed by atoms with Gasteiger partial charge in [0, 0.05) is 5.56 Å². The van der Waals surface area contributed by atoms with Gasteiger partial charge < -0.3 is 15.2 Å². The molecule has 0 heterocycles. The molecule has 2 aromatic carbocycles. The maximum Gasteiger partial charge on any atom is 0.436 e. The van der Waals surface area contributed by atoms with E-state index in [9.17, 15) is 31.4 Å². The van der Waals surface area contributed by atoms with Gasteiger partial charge in [0.2, 0.25) is 5.72 Å². The summed E-state index contributed by atoms with van der Waals surface area (Å²) in [5, 5.41) is 11.6. The Morgan fingerprint density at radius 3 is 2.19 bits per heavy atom. The number of rotatable bonds is 5. The van der Waals surface area contributed by atoms with Gasteiger partial charge in [-0.2, -0.15) is 26.3 Å². The molecule has 0 aliphatic rings. The summed E-state index contributed by atoms with van der Waals surface area (Å²) >= 11 is 0. The van der Waals surface area contributed by atoms with Gasteiger partial charge in [0.15, 0.2) is 0 Å². The van der Waals surface area contributed by atoms with E-state index in [0.717, 1.165) is 12.1 Å². The highest BCUT2D eigenvalue weighted by molar-refractivity contribution is 5.79. The molecule has 1 unspecified atom stereocenters. The second-order valence-electron chi connectivity index (χ2n) is 5.89. The van der Waals surface area contributed by atoms with Gasteiger partial charge in [-0.1, -0.05) is 24.3 Å². The zero-order valence-electron chi connectivity index (χ0n) is 14.4. The van der Waals surface area contributed by atoms with E-state index in [0.29, 0.717) is 6.92 Å². The number of nitrogens with one attached hydrogen (secondary N) is 1. The second kappa shape index (κ2) is 7.30. The Hall–Kier alpha value is -2.42. The van der Waals surface area contributed by atoms with Crippen LogP contribution in [0.15, 0.2) is 42.5 Å². The van der Waals surface area contributed by atoms with Crippen molar-refractivity contribution in [3.63, 3.8) is 0 Å². The quantitative estimate of drug-likeness (QED) is 0.524. The minimum Gasteiger partial charge on any atom is -0.491 e. The SMILES string of the molecule is CCOc1c(NC(C)(O)C(F)(F)F)cccc1-c1cccc(C(F)(F)F)c1. The Bertz CT molecular complexity index is 799. The maximum absolute atomic E-state index is 13.0. The Labute approximate surface area is 151 Å². The Morgan fingerprint density at radius 1 is 1.00 bits per heavy atom. The number of anilines is 1. The largest absolute Gasteiger partial charge is 0.491 e. The molecule has 2 aromatic rings. The number of aliphatic hydroxyl groups is 1. The van der Waals surface area contributed by atoms with Crippen molar-refractivity contribution in [2.75, 3.05) is 11.9 Å². The molecule has 0 aromatic heterocycles. The van der Waals surface area contributed by atoms with Crippen molar-refractivity contribution in [2.45, 2.75) is 31.9 Å². The molecule has 27 heavy (non-hydrogen) atoms. The molecular formula is C18H17F6NO2. The zero-order valence-corrected chi connectivity index (χ0v) is 14.4. The van der Waals surface area contributed by atoms with Crippen LogP contribution in [0, 0.1) is 0 Å². The average Bonchev–Trinajstić information content (AvgIpc) is 2.54. The standard InChI is InChI=1S/C18H17F6NO2/c1-3-27-15-13(11-6-4-7-12(10-11)17(19,20)21)8-5-9-14(15)25-16(2,26)18(22,23)24/h4-10,25-26H,3H2,1-2H3. The molecule has 148 valence electrons. The number of halogens is 6. The van der Waals surface area contributed by atoms with E-state index in [-0.39, 0.29) is 29.2 Å². The highest BCUT2D eigenvalue weighted by Crippen LogP contribution is 2.41. The van der Waals surface area contributed by atoms with E-state index in [2.05, 4.69) is 0 Å². The first-order chi connectivity index (χ1) is 12.4. The van der Waals surface area contributed by atoms with Gasteiger partial charge in [-0.3, -0.25) is 0 Å². The van der Waals surface area contributed by atoms with Crippen molar-refractivity contribution >= 4 is 5.69 Å². The van der Waals surface area contributed by atoms with Crippen LogP contribution in [0.5, 0.6) is 5.75 Å². The first-order valence-electron chi connectivity index (χ1n) is 7.87. The minimum absolute atomic E-state index is 0.0544. The van der Waals surface area contributed by atoms with E-state index in [4.69, 9.17) is 4.74 Å². The Balaban J connectivity index is 2.56. The molecule has 0 radical (unpaired) electrons. The third-order valence-corrected chi connectivity index (χ3v) is 3.73.